The zero-order valence-electron chi connectivity index (χ0n) is 11.7. The molecule has 0 bridgehead atoms. The molecule has 0 spiro atoms. The Morgan fingerprint density at radius 2 is 2.20 bits per heavy atom. The molecule has 1 unspecified atom stereocenters. The van der Waals surface area contributed by atoms with Gasteiger partial charge in [0.25, 0.3) is 0 Å². The summed E-state index contributed by atoms with van der Waals surface area (Å²) in [4.78, 5) is 16.6. The second-order valence-corrected chi connectivity index (χ2v) is 6.00. The quantitative estimate of drug-likeness (QED) is 0.857. The molecule has 3 N–H and O–H groups in total. The molecule has 6 heteroatoms. The molecule has 1 heterocycles. The van der Waals surface area contributed by atoms with Crippen molar-refractivity contribution < 1.29 is 4.79 Å². The third-order valence-electron chi connectivity index (χ3n) is 3.57. The molecule has 1 saturated heterocycles. The minimum absolute atomic E-state index is 0.0000898. The van der Waals surface area contributed by atoms with Gasteiger partial charge < -0.3 is 16.0 Å². The molecule has 0 saturated carbocycles. The molecule has 0 aliphatic carbocycles. The number of para-hydroxylation sites is 1. The van der Waals surface area contributed by atoms with Crippen molar-refractivity contribution in [2.75, 3.05) is 45.1 Å². The molecule has 1 aliphatic rings. The van der Waals surface area contributed by atoms with Gasteiger partial charge in [-0.05, 0) is 35.1 Å². The number of likely N-dealkylation sites (N-methyl/N-ethyl adjacent to an activating group) is 1. The Kier molecular flexibility index (Phi) is 5.54. The van der Waals surface area contributed by atoms with Crippen LogP contribution in [-0.4, -0.2) is 61.5 Å². The first-order valence-corrected chi connectivity index (χ1v) is 7.56. The van der Waals surface area contributed by atoms with Crippen molar-refractivity contribution in [3.8, 4) is 0 Å². The van der Waals surface area contributed by atoms with Crippen molar-refractivity contribution in [3.05, 3.63) is 28.7 Å². The lowest BCUT2D eigenvalue weighted by Gasteiger charge is -2.39. The molecule has 1 aliphatic heterocycles. The Labute approximate surface area is 128 Å². The highest BCUT2D eigenvalue weighted by atomic mass is 79.9. The molecule has 1 aromatic rings. The molecule has 1 atom stereocenters. The van der Waals surface area contributed by atoms with Crippen LogP contribution in [0, 0.1) is 0 Å². The number of nitrogens with zero attached hydrogens (tertiary/aromatic N) is 2. The van der Waals surface area contributed by atoms with Gasteiger partial charge in [-0.25, -0.2) is 0 Å². The predicted octanol–water partition coefficient (Wildman–Crippen LogP) is 0.962. The standard InChI is InChI=1S/C14H21BrN4O/c1-18-6-7-19(11(8-16)9-18)10-14(20)17-13-5-3-2-4-12(13)15/h2-5,11H,6-10,16H2,1H3,(H,17,20). The molecule has 1 amide bonds. The second kappa shape index (κ2) is 7.17. The van der Waals surface area contributed by atoms with E-state index >= 15 is 0 Å². The van der Waals surface area contributed by atoms with E-state index in [0.717, 1.165) is 29.8 Å². The highest BCUT2D eigenvalue weighted by molar-refractivity contribution is 9.10. The molecule has 0 aromatic heterocycles. The van der Waals surface area contributed by atoms with Crippen molar-refractivity contribution in [1.29, 1.82) is 0 Å². The molecule has 20 heavy (non-hydrogen) atoms. The number of rotatable bonds is 4. The number of hydrogen-bond donors (Lipinski definition) is 2. The summed E-state index contributed by atoms with van der Waals surface area (Å²) in [5, 5.41) is 2.93. The van der Waals surface area contributed by atoms with E-state index in [1.54, 1.807) is 0 Å². The van der Waals surface area contributed by atoms with E-state index in [2.05, 4.69) is 38.1 Å². The van der Waals surface area contributed by atoms with Gasteiger partial charge in [0.15, 0.2) is 0 Å². The van der Waals surface area contributed by atoms with Crippen LogP contribution in [0.5, 0.6) is 0 Å². The monoisotopic (exact) mass is 340 g/mol. The van der Waals surface area contributed by atoms with Crippen LogP contribution in [0.2, 0.25) is 0 Å². The lowest BCUT2D eigenvalue weighted by molar-refractivity contribution is -0.118. The van der Waals surface area contributed by atoms with E-state index < -0.39 is 0 Å². The number of anilines is 1. The summed E-state index contributed by atoms with van der Waals surface area (Å²) in [7, 11) is 2.08. The van der Waals surface area contributed by atoms with Gasteiger partial charge in [-0.2, -0.15) is 0 Å². The fourth-order valence-electron chi connectivity index (χ4n) is 2.42. The molecule has 1 fully saturated rings. The number of nitrogens with one attached hydrogen (secondary N) is 1. The van der Waals surface area contributed by atoms with Crippen LogP contribution in [-0.2, 0) is 4.79 Å². The van der Waals surface area contributed by atoms with Crippen LogP contribution >= 0.6 is 15.9 Å². The van der Waals surface area contributed by atoms with Gasteiger partial charge in [0.1, 0.15) is 0 Å². The summed E-state index contributed by atoms with van der Waals surface area (Å²) in [5.74, 6) is -0.0000898. The van der Waals surface area contributed by atoms with Crippen molar-refractivity contribution in [3.63, 3.8) is 0 Å². The van der Waals surface area contributed by atoms with Crippen LogP contribution in [0.15, 0.2) is 28.7 Å². The molecular weight excluding hydrogens is 320 g/mol. The van der Waals surface area contributed by atoms with Gasteiger partial charge in [-0.15, -0.1) is 0 Å². The van der Waals surface area contributed by atoms with Crippen LogP contribution in [0.3, 0.4) is 0 Å². The maximum absolute atomic E-state index is 12.1. The predicted molar refractivity (Wildman–Crippen MR) is 84.7 cm³/mol. The number of nitrogens with two attached hydrogens (primary N) is 1. The summed E-state index contributed by atoms with van der Waals surface area (Å²) in [6.45, 7) is 3.73. The van der Waals surface area contributed by atoms with Crippen LogP contribution < -0.4 is 11.1 Å². The fraction of sp³-hybridized carbons (Fsp3) is 0.500. The minimum Gasteiger partial charge on any atom is -0.329 e. The summed E-state index contributed by atoms with van der Waals surface area (Å²) in [6, 6.07) is 7.86. The first-order valence-electron chi connectivity index (χ1n) is 6.77. The van der Waals surface area contributed by atoms with Crippen molar-refractivity contribution >= 4 is 27.5 Å². The summed E-state index contributed by atoms with van der Waals surface area (Å²) < 4.78 is 0.891. The van der Waals surface area contributed by atoms with E-state index in [1.165, 1.54) is 0 Å². The maximum Gasteiger partial charge on any atom is 0.238 e. The average Bonchev–Trinajstić information content (AvgIpc) is 2.43. The van der Waals surface area contributed by atoms with Gasteiger partial charge in [0, 0.05) is 36.7 Å². The Hall–Kier alpha value is -0.950. The lowest BCUT2D eigenvalue weighted by Crippen LogP contribution is -2.56. The second-order valence-electron chi connectivity index (χ2n) is 5.15. The van der Waals surface area contributed by atoms with E-state index in [9.17, 15) is 4.79 Å². The summed E-state index contributed by atoms with van der Waals surface area (Å²) >= 11 is 3.43. The maximum atomic E-state index is 12.1. The third-order valence-corrected chi connectivity index (χ3v) is 4.27. The number of benzene rings is 1. The van der Waals surface area contributed by atoms with E-state index in [-0.39, 0.29) is 11.9 Å². The molecule has 0 radical (unpaired) electrons. The number of amides is 1. The van der Waals surface area contributed by atoms with Gasteiger partial charge in [0.2, 0.25) is 5.91 Å². The molecule has 1 aromatic carbocycles. The third kappa shape index (κ3) is 4.02. The van der Waals surface area contributed by atoms with E-state index in [0.29, 0.717) is 13.1 Å². The normalized spacial score (nSPS) is 20.9. The highest BCUT2D eigenvalue weighted by Gasteiger charge is 2.25. The van der Waals surface area contributed by atoms with Crippen molar-refractivity contribution in [1.82, 2.24) is 9.80 Å². The molecular formula is C14H21BrN4O. The lowest BCUT2D eigenvalue weighted by atomic mass is 10.1. The Morgan fingerprint density at radius 1 is 1.45 bits per heavy atom. The Bertz CT molecular complexity index is 468. The zero-order valence-corrected chi connectivity index (χ0v) is 13.3. The van der Waals surface area contributed by atoms with Gasteiger partial charge >= 0.3 is 0 Å². The number of halogens is 1. The number of carbonyl (C=O) groups is 1. The highest BCUT2D eigenvalue weighted by Crippen LogP contribution is 2.21. The van der Waals surface area contributed by atoms with Gasteiger partial charge in [-0.3, -0.25) is 9.69 Å². The number of hydrogen-bond acceptors (Lipinski definition) is 4. The van der Waals surface area contributed by atoms with E-state index in [1.807, 2.05) is 24.3 Å². The fourth-order valence-corrected chi connectivity index (χ4v) is 2.80. The van der Waals surface area contributed by atoms with Crippen LogP contribution in [0.1, 0.15) is 0 Å². The van der Waals surface area contributed by atoms with Gasteiger partial charge in [0.05, 0.1) is 12.2 Å². The smallest absolute Gasteiger partial charge is 0.238 e. The Balaban J connectivity index is 1.92. The first-order chi connectivity index (χ1) is 9.60. The van der Waals surface area contributed by atoms with E-state index in [4.69, 9.17) is 5.73 Å². The largest absolute Gasteiger partial charge is 0.329 e. The molecule has 5 nitrogen and oxygen atoms in total. The van der Waals surface area contributed by atoms with Crippen LogP contribution in [0.4, 0.5) is 5.69 Å². The Morgan fingerprint density at radius 3 is 2.90 bits per heavy atom. The minimum atomic E-state index is -0.0000898. The number of piperazine rings is 1. The summed E-state index contributed by atoms with van der Waals surface area (Å²) in [6.07, 6.45) is 0. The van der Waals surface area contributed by atoms with Crippen molar-refractivity contribution in [2.45, 2.75) is 6.04 Å². The average molecular weight is 341 g/mol. The summed E-state index contributed by atoms with van der Waals surface area (Å²) in [5.41, 5.74) is 6.60. The van der Waals surface area contributed by atoms with Crippen LogP contribution in [0.25, 0.3) is 0 Å². The van der Waals surface area contributed by atoms with Crippen molar-refractivity contribution in [2.24, 2.45) is 5.73 Å². The zero-order chi connectivity index (χ0) is 14.5. The topological polar surface area (TPSA) is 61.6 Å². The number of carbonyl (C=O) groups excluding carboxylic acids is 1. The SMILES string of the molecule is CN1CCN(CC(=O)Nc2ccccc2Br)C(CN)C1. The molecule has 110 valence electrons. The first kappa shape index (κ1) is 15.4. The molecule has 2 rings (SSSR count). The van der Waals surface area contributed by atoms with Gasteiger partial charge in [-0.1, -0.05) is 12.1 Å².